The van der Waals surface area contributed by atoms with Gasteiger partial charge in [0.15, 0.2) is 0 Å². The largest absolute Gasteiger partial charge is 0.492 e. The highest BCUT2D eigenvalue weighted by Gasteiger charge is 2.00. The summed E-state index contributed by atoms with van der Waals surface area (Å²) in [7, 11) is 0. The maximum Gasteiger partial charge on any atom is 0.137 e. The molecule has 0 aliphatic carbocycles. The summed E-state index contributed by atoms with van der Waals surface area (Å²) in [6.45, 7) is 2.72. The molecule has 0 atom stereocenters. The second-order valence-electron chi connectivity index (χ2n) is 2.64. The molecule has 0 fully saturated rings. The zero-order chi connectivity index (χ0) is 9.68. The van der Waals surface area contributed by atoms with Crippen LogP contribution >= 0.6 is 11.6 Å². The highest BCUT2D eigenvalue weighted by molar-refractivity contribution is 6.32. The van der Waals surface area contributed by atoms with Gasteiger partial charge in [-0.2, -0.15) is 0 Å². The predicted molar refractivity (Wildman–Crippen MR) is 55.2 cm³/mol. The molecule has 0 unspecified atom stereocenters. The molecule has 0 N–H and O–H groups in total. The summed E-state index contributed by atoms with van der Waals surface area (Å²) in [5.41, 5.74) is 0.772. The van der Waals surface area contributed by atoms with Gasteiger partial charge in [-0.25, -0.2) is 0 Å². The summed E-state index contributed by atoms with van der Waals surface area (Å²) in [6.07, 6.45) is 6.18. The molecule has 1 aromatic rings. The average molecular weight is 195 g/mol. The Morgan fingerprint density at radius 1 is 1.54 bits per heavy atom. The van der Waals surface area contributed by atoms with E-state index in [0.717, 1.165) is 12.0 Å². The summed E-state index contributed by atoms with van der Waals surface area (Å²) >= 11 is 5.92. The van der Waals surface area contributed by atoms with Crippen LogP contribution in [-0.2, 0) is 0 Å². The van der Waals surface area contributed by atoms with E-state index in [2.05, 4.69) is 5.92 Å². The fourth-order valence-electron chi connectivity index (χ4n) is 0.920. The van der Waals surface area contributed by atoms with Crippen molar-refractivity contribution >= 4 is 11.6 Å². The van der Waals surface area contributed by atoms with Crippen molar-refractivity contribution in [1.82, 2.24) is 0 Å². The molecule has 68 valence electrons. The van der Waals surface area contributed by atoms with Crippen LogP contribution in [0.3, 0.4) is 0 Å². The van der Waals surface area contributed by atoms with Gasteiger partial charge in [0.25, 0.3) is 0 Å². The standard InChI is InChI=1S/C11H11ClO/c1-3-7-13-11-6-5-9(4-2)8-10(11)12/h2,5-6,8H,3,7H2,1H3. The van der Waals surface area contributed by atoms with Crippen LogP contribution in [0.4, 0.5) is 0 Å². The summed E-state index contributed by atoms with van der Waals surface area (Å²) in [6, 6.07) is 5.34. The number of rotatable bonds is 3. The van der Waals surface area contributed by atoms with Gasteiger partial charge in [0.05, 0.1) is 11.6 Å². The smallest absolute Gasteiger partial charge is 0.137 e. The zero-order valence-corrected chi connectivity index (χ0v) is 8.27. The molecule has 0 aliphatic heterocycles. The molecule has 2 heteroatoms. The number of ether oxygens (including phenoxy) is 1. The normalized spacial score (nSPS) is 9.31. The number of hydrogen-bond donors (Lipinski definition) is 0. The third-order valence-corrected chi connectivity index (χ3v) is 1.86. The highest BCUT2D eigenvalue weighted by Crippen LogP contribution is 2.25. The van der Waals surface area contributed by atoms with E-state index < -0.39 is 0 Å². The molecule has 0 spiro atoms. The molecule has 0 aliphatic rings. The third kappa shape index (κ3) is 2.68. The van der Waals surface area contributed by atoms with Crippen LogP contribution < -0.4 is 4.74 Å². The van der Waals surface area contributed by atoms with Gasteiger partial charge >= 0.3 is 0 Å². The second-order valence-corrected chi connectivity index (χ2v) is 3.05. The first-order valence-electron chi connectivity index (χ1n) is 4.17. The van der Waals surface area contributed by atoms with E-state index in [1.54, 1.807) is 12.1 Å². The van der Waals surface area contributed by atoms with Crippen LogP contribution in [0, 0.1) is 12.3 Å². The number of hydrogen-bond acceptors (Lipinski definition) is 1. The van der Waals surface area contributed by atoms with E-state index in [4.69, 9.17) is 22.8 Å². The molecule has 0 bridgehead atoms. The lowest BCUT2D eigenvalue weighted by Crippen LogP contribution is -1.95. The lowest BCUT2D eigenvalue weighted by Gasteiger charge is -2.06. The first kappa shape index (κ1) is 9.95. The van der Waals surface area contributed by atoms with Gasteiger partial charge in [-0.05, 0) is 24.6 Å². The minimum absolute atomic E-state index is 0.573. The molecule has 1 nitrogen and oxygen atoms in total. The minimum atomic E-state index is 0.573. The summed E-state index contributed by atoms with van der Waals surface area (Å²) in [5.74, 6) is 3.21. The monoisotopic (exact) mass is 194 g/mol. The molecule has 1 aromatic carbocycles. The van der Waals surface area contributed by atoms with Crippen LogP contribution in [0.25, 0.3) is 0 Å². The van der Waals surface area contributed by atoms with Gasteiger partial charge in [0, 0.05) is 5.56 Å². The van der Waals surface area contributed by atoms with Crippen molar-refractivity contribution in [3.8, 4) is 18.1 Å². The fraction of sp³-hybridized carbons (Fsp3) is 0.273. The van der Waals surface area contributed by atoms with Gasteiger partial charge in [-0.1, -0.05) is 24.4 Å². The molecule has 0 saturated carbocycles. The maximum atomic E-state index is 5.92. The van der Waals surface area contributed by atoms with Crippen LogP contribution in [0.2, 0.25) is 5.02 Å². The van der Waals surface area contributed by atoms with Gasteiger partial charge in [0.1, 0.15) is 5.75 Å². The van der Waals surface area contributed by atoms with Crippen molar-refractivity contribution in [2.75, 3.05) is 6.61 Å². The Morgan fingerprint density at radius 3 is 2.85 bits per heavy atom. The molecule has 0 aromatic heterocycles. The number of benzene rings is 1. The van der Waals surface area contributed by atoms with E-state index >= 15 is 0 Å². The van der Waals surface area contributed by atoms with Gasteiger partial charge < -0.3 is 4.74 Å². The lowest BCUT2D eigenvalue weighted by molar-refractivity contribution is 0.317. The topological polar surface area (TPSA) is 9.23 Å². The predicted octanol–water partition coefficient (Wildman–Crippen LogP) is 3.11. The third-order valence-electron chi connectivity index (χ3n) is 1.56. The first-order valence-corrected chi connectivity index (χ1v) is 4.54. The number of terminal acetylenes is 1. The van der Waals surface area contributed by atoms with E-state index in [-0.39, 0.29) is 0 Å². The van der Waals surface area contributed by atoms with Crippen molar-refractivity contribution in [3.05, 3.63) is 28.8 Å². The molecule has 0 heterocycles. The van der Waals surface area contributed by atoms with Crippen LogP contribution in [0.5, 0.6) is 5.75 Å². The number of halogens is 1. The summed E-state index contributed by atoms with van der Waals surface area (Å²) < 4.78 is 5.38. The summed E-state index contributed by atoms with van der Waals surface area (Å²) in [4.78, 5) is 0. The van der Waals surface area contributed by atoms with Crippen molar-refractivity contribution in [2.24, 2.45) is 0 Å². The van der Waals surface area contributed by atoms with Gasteiger partial charge in [-0.15, -0.1) is 6.42 Å². The van der Waals surface area contributed by atoms with E-state index in [0.29, 0.717) is 17.4 Å². The molecule has 0 saturated heterocycles. The quantitative estimate of drug-likeness (QED) is 0.672. The molecule has 13 heavy (non-hydrogen) atoms. The molecular formula is C11H11ClO. The van der Waals surface area contributed by atoms with E-state index in [9.17, 15) is 0 Å². The average Bonchev–Trinajstić information content (AvgIpc) is 2.16. The Bertz CT molecular complexity index is 325. The summed E-state index contributed by atoms with van der Waals surface area (Å²) in [5, 5.41) is 0.573. The molecule has 0 radical (unpaired) electrons. The van der Waals surface area contributed by atoms with Crippen molar-refractivity contribution in [1.29, 1.82) is 0 Å². The van der Waals surface area contributed by atoms with Gasteiger partial charge in [0.2, 0.25) is 0 Å². The Hall–Kier alpha value is -1.13. The van der Waals surface area contributed by atoms with Crippen molar-refractivity contribution in [3.63, 3.8) is 0 Å². The fourth-order valence-corrected chi connectivity index (χ4v) is 1.15. The van der Waals surface area contributed by atoms with Crippen LogP contribution in [0.15, 0.2) is 18.2 Å². The Morgan fingerprint density at radius 2 is 2.31 bits per heavy atom. The molecule has 0 amide bonds. The van der Waals surface area contributed by atoms with E-state index in [1.807, 2.05) is 13.0 Å². The Kier molecular flexibility index (Phi) is 3.67. The second kappa shape index (κ2) is 4.79. The lowest BCUT2D eigenvalue weighted by atomic mass is 10.2. The molecule has 1 rings (SSSR count). The minimum Gasteiger partial charge on any atom is -0.492 e. The van der Waals surface area contributed by atoms with Crippen LogP contribution in [-0.4, -0.2) is 6.61 Å². The van der Waals surface area contributed by atoms with Gasteiger partial charge in [-0.3, -0.25) is 0 Å². The maximum absolute atomic E-state index is 5.92. The zero-order valence-electron chi connectivity index (χ0n) is 7.51. The van der Waals surface area contributed by atoms with Crippen LogP contribution in [0.1, 0.15) is 18.9 Å². The van der Waals surface area contributed by atoms with Crippen molar-refractivity contribution < 1.29 is 4.74 Å². The first-order chi connectivity index (χ1) is 6.27. The molecular weight excluding hydrogens is 184 g/mol. The van der Waals surface area contributed by atoms with E-state index in [1.165, 1.54) is 0 Å². The Labute approximate surface area is 83.7 Å². The SMILES string of the molecule is C#Cc1ccc(OCCC)c(Cl)c1. The van der Waals surface area contributed by atoms with Crippen molar-refractivity contribution in [2.45, 2.75) is 13.3 Å². The highest BCUT2D eigenvalue weighted by atomic mass is 35.5. The Balaban J connectivity index is 2.81.